The lowest BCUT2D eigenvalue weighted by Gasteiger charge is -2.26. The van der Waals surface area contributed by atoms with Gasteiger partial charge in [-0.1, -0.05) is 45.0 Å². The first-order valence-electron chi connectivity index (χ1n) is 9.81. The summed E-state index contributed by atoms with van der Waals surface area (Å²) in [4.78, 5) is 25.7. The van der Waals surface area contributed by atoms with Crippen molar-refractivity contribution < 1.29 is 18.0 Å². The summed E-state index contributed by atoms with van der Waals surface area (Å²) in [7, 11) is -3.64. The van der Waals surface area contributed by atoms with Crippen LogP contribution in [-0.4, -0.2) is 44.8 Å². The predicted octanol–water partition coefficient (Wildman–Crippen LogP) is 2.03. The minimum atomic E-state index is -3.64. The number of carbonyl (C=O) groups is 2. The molecule has 0 aromatic heterocycles. The number of amides is 2. The van der Waals surface area contributed by atoms with E-state index in [0.717, 1.165) is 11.1 Å². The quantitative estimate of drug-likeness (QED) is 0.760. The molecule has 0 unspecified atom stereocenters. The number of hydrogen-bond donors (Lipinski definition) is 2. The number of nitrogens with zero attached hydrogens (tertiary/aromatic N) is 1. The van der Waals surface area contributed by atoms with Crippen LogP contribution in [-0.2, 0) is 26.8 Å². The molecule has 2 N–H and O–H groups in total. The SMILES string of the molecule is CC(C)(C)c1ccc(S(=O)(=O)NCc2ccc(C(=O)N3CCNC(=O)C3)cc2)cc1. The van der Waals surface area contributed by atoms with Gasteiger partial charge >= 0.3 is 0 Å². The van der Waals surface area contributed by atoms with Crippen molar-refractivity contribution in [1.29, 1.82) is 0 Å². The lowest BCUT2D eigenvalue weighted by Crippen LogP contribution is -2.49. The van der Waals surface area contributed by atoms with Crippen molar-refractivity contribution in [3.63, 3.8) is 0 Å². The predicted molar refractivity (Wildman–Crippen MR) is 115 cm³/mol. The number of sulfonamides is 1. The minimum Gasteiger partial charge on any atom is -0.353 e. The summed E-state index contributed by atoms with van der Waals surface area (Å²) in [6, 6.07) is 13.6. The van der Waals surface area contributed by atoms with Crippen LogP contribution in [0.5, 0.6) is 0 Å². The van der Waals surface area contributed by atoms with Gasteiger partial charge in [-0.3, -0.25) is 9.59 Å². The van der Waals surface area contributed by atoms with E-state index in [2.05, 4.69) is 30.8 Å². The molecule has 1 heterocycles. The topological polar surface area (TPSA) is 95.6 Å². The molecule has 1 fully saturated rings. The summed E-state index contributed by atoms with van der Waals surface area (Å²) in [5.74, 6) is -0.382. The fourth-order valence-corrected chi connectivity index (χ4v) is 4.17. The van der Waals surface area contributed by atoms with Crippen molar-refractivity contribution in [2.24, 2.45) is 0 Å². The van der Waals surface area contributed by atoms with E-state index in [9.17, 15) is 18.0 Å². The Kier molecular flexibility index (Phi) is 6.28. The Morgan fingerprint density at radius 1 is 1.07 bits per heavy atom. The maximum Gasteiger partial charge on any atom is 0.254 e. The smallest absolute Gasteiger partial charge is 0.254 e. The first kappa shape index (κ1) is 22.0. The van der Waals surface area contributed by atoms with Gasteiger partial charge in [-0.25, -0.2) is 13.1 Å². The van der Waals surface area contributed by atoms with E-state index in [4.69, 9.17) is 0 Å². The molecule has 0 aliphatic carbocycles. The maximum atomic E-state index is 12.6. The van der Waals surface area contributed by atoms with Crippen molar-refractivity contribution in [2.75, 3.05) is 19.6 Å². The van der Waals surface area contributed by atoms with Crippen LogP contribution in [0.2, 0.25) is 0 Å². The lowest BCUT2D eigenvalue weighted by atomic mass is 9.87. The van der Waals surface area contributed by atoms with Gasteiger partial charge in [0, 0.05) is 25.2 Å². The van der Waals surface area contributed by atoms with Crippen LogP contribution in [0, 0.1) is 0 Å². The summed E-state index contributed by atoms with van der Waals surface area (Å²) in [6.07, 6.45) is 0. The van der Waals surface area contributed by atoms with Crippen molar-refractivity contribution in [1.82, 2.24) is 14.9 Å². The molecule has 8 heteroatoms. The van der Waals surface area contributed by atoms with E-state index >= 15 is 0 Å². The molecule has 2 aromatic rings. The van der Waals surface area contributed by atoms with Gasteiger partial charge in [0.2, 0.25) is 15.9 Å². The highest BCUT2D eigenvalue weighted by Gasteiger charge is 2.22. The lowest BCUT2D eigenvalue weighted by molar-refractivity contribution is -0.123. The van der Waals surface area contributed by atoms with Crippen LogP contribution in [0.1, 0.15) is 42.3 Å². The van der Waals surface area contributed by atoms with Crippen molar-refractivity contribution in [3.05, 3.63) is 65.2 Å². The average Bonchev–Trinajstić information content (AvgIpc) is 2.72. The molecular formula is C22H27N3O4S. The zero-order valence-corrected chi connectivity index (χ0v) is 18.3. The van der Waals surface area contributed by atoms with Crippen LogP contribution < -0.4 is 10.0 Å². The maximum absolute atomic E-state index is 12.6. The molecule has 1 saturated heterocycles. The molecule has 1 aliphatic rings. The van der Waals surface area contributed by atoms with Crippen LogP contribution >= 0.6 is 0 Å². The molecule has 0 radical (unpaired) electrons. The molecule has 1 aliphatic heterocycles. The summed E-state index contributed by atoms with van der Waals surface area (Å²) in [5.41, 5.74) is 2.21. The van der Waals surface area contributed by atoms with Gasteiger partial charge < -0.3 is 10.2 Å². The summed E-state index contributed by atoms with van der Waals surface area (Å²) in [6.45, 7) is 7.30. The molecule has 3 rings (SSSR count). The largest absolute Gasteiger partial charge is 0.353 e. The highest BCUT2D eigenvalue weighted by molar-refractivity contribution is 7.89. The van der Waals surface area contributed by atoms with Gasteiger partial charge in [-0.2, -0.15) is 0 Å². The zero-order valence-electron chi connectivity index (χ0n) is 17.4. The molecule has 7 nitrogen and oxygen atoms in total. The van der Waals surface area contributed by atoms with E-state index in [1.807, 2.05) is 12.1 Å². The second-order valence-electron chi connectivity index (χ2n) is 8.37. The van der Waals surface area contributed by atoms with Gasteiger partial charge in [-0.05, 0) is 40.8 Å². The first-order valence-corrected chi connectivity index (χ1v) is 11.3. The Morgan fingerprint density at radius 3 is 2.27 bits per heavy atom. The Balaban J connectivity index is 1.63. The summed E-state index contributed by atoms with van der Waals surface area (Å²) in [5, 5.41) is 2.68. The monoisotopic (exact) mass is 429 g/mol. The second-order valence-corrected chi connectivity index (χ2v) is 10.1. The van der Waals surface area contributed by atoms with E-state index < -0.39 is 10.0 Å². The molecule has 0 saturated carbocycles. The summed E-state index contributed by atoms with van der Waals surface area (Å²) < 4.78 is 27.7. The number of rotatable bonds is 5. The Morgan fingerprint density at radius 2 is 1.70 bits per heavy atom. The van der Waals surface area contributed by atoms with E-state index in [0.29, 0.717) is 18.7 Å². The van der Waals surface area contributed by atoms with E-state index in [1.54, 1.807) is 36.4 Å². The van der Waals surface area contributed by atoms with Gasteiger partial charge in [0.15, 0.2) is 0 Å². The van der Waals surface area contributed by atoms with E-state index in [-0.39, 0.29) is 35.2 Å². The zero-order chi connectivity index (χ0) is 21.9. The minimum absolute atomic E-state index is 0.0487. The van der Waals surface area contributed by atoms with E-state index in [1.165, 1.54) is 4.90 Å². The van der Waals surface area contributed by atoms with Crippen LogP contribution in [0.15, 0.2) is 53.4 Å². The molecular weight excluding hydrogens is 402 g/mol. The Labute approximate surface area is 177 Å². The van der Waals surface area contributed by atoms with Crippen molar-refractivity contribution in [3.8, 4) is 0 Å². The van der Waals surface area contributed by atoms with Crippen LogP contribution in [0.4, 0.5) is 0 Å². The fraction of sp³-hybridized carbons (Fsp3) is 0.364. The Bertz CT molecular complexity index is 1020. The fourth-order valence-electron chi connectivity index (χ4n) is 3.16. The summed E-state index contributed by atoms with van der Waals surface area (Å²) >= 11 is 0. The van der Waals surface area contributed by atoms with Crippen LogP contribution in [0.25, 0.3) is 0 Å². The van der Waals surface area contributed by atoms with Gasteiger partial charge in [0.25, 0.3) is 5.91 Å². The molecule has 30 heavy (non-hydrogen) atoms. The molecule has 2 aromatic carbocycles. The molecule has 0 bridgehead atoms. The Hall–Kier alpha value is -2.71. The second kappa shape index (κ2) is 8.57. The average molecular weight is 430 g/mol. The number of nitrogens with one attached hydrogen (secondary N) is 2. The highest BCUT2D eigenvalue weighted by atomic mass is 32.2. The number of hydrogen-bond acceptors (Lipinski definition) is 4. The van der Waals surface area contributed by atoms with Gasteiger partial charge in [0.1, 0.15) is 0 Å². The number of carbonyl (C=O) groups excluding carboxylic acids is 2. The molecule has 0 spiro atoms. The first-order chi connectivity index (χ1) is 14.1. The molecule has 2 amide bonds. The number of piperazine rings is 1. The standard InChI is InChI=1S/C22H27N3O4S/c1-22(2,3)18-8-10-19(11-9-18)30(28,29)24-14-16-4-6-17(7-5-16)21(27)25-13-12-23-20(26)15-25/h4-11,24H,12-15H2,1-3H3,(H,23,26). The number of benzene rings is 2. The third kappa shape index (κ3) is 5.25. The molecule has 0 atom stereocenters. The third-order valence-corrected chi connectivity index (χ3v) is 6.44. The van der Waals surface area contributed by atoms with Crippen molar-refractivity contribution >= 4 is 21.8 Å². The van der Waals surface area contributed by atoms with Gasteiger partial charge in [-0.15, -0.1) is 0 Å². The van der Waals surface area contributed by atoms with Crippen molar-refractivity contribution in [2.45, 2.75) is 37.6 Å². The van der Waals surface area contributed by atoms with Crippen LogP contribution in [0.3, 0.4) is 0 Å². The van der Waals surface area contributed by atoms with Gasteiger partial charge in [0.05, 0.1) is 11.4 Å². The molecule has 160 valence electrons. The normalized spacial score (nSPS) is 15.0. The highest BCUT2D eigenvalue weighted by Crippen LogP contribution is 2.23. The third-order valence-electron chi connectivity index (χ3n) is 5.02.